The highest BCUT2D eigenvalue weighted by atomic mass is 35.5. The lowest BCUT2D eigenvalue weighted by Gasteiger charge is -2.40. The number of nitrogens with one attached hydrogen (secondary N) is 1. The Morgan fingerprint density at radius 2 is 1.74 bits per heavy atom. The van der Waals surface area contributed by atoms with Gasteiger partial charge >= 0.3 is 7.60 Å². The zero-order valence-electron chi connectivity index (χ0n) is 12.0. The Bertz CT molecular complexity index is 311. The zero-order valence-corrected chi connectivity index (χ0v) is 13.7. The van der Waals surface area contributed by atoms with Crippen LogP contribution in [0, 0.1) is 5.41 Å². The molecule has 2 fully saturated rings. The molecule has 19 heavy (non-hydrogen) atoms. The monoisotopic (exact) mass is 311 g/mol. The Morgan fingerprint density at radius 1 is 1.16 bits per heavy atom. The fraction of sp³-hybridized carbons (Fsp3) is 1.00. The van der Waals surface area contributed by atoms with Crippen LogP contribution < -0.4 is 5.32 Å². The third-order valence-corrected chi connectivity index (χ3v) is 7.10. The minimum absolute atomic E-state index is 0. The van der Waals surface area contributed by atoms with E-state index in [1.807, 2.05) is 13.8 Å². The van der Waals surface area contributed by atoms with Crippen molar-refractivity contribution in [1.82, 2.24) is 5.32 Å². The lowest BCUT2D eigenvalue weighted by Crippen LogP contribution is -2.37. The van der Waals surface area contributed by atoms with Gasteiger partial charge in [-0.3, -0.25) is 4.57 Å². The predicted molar refractivity (Wildman–Crippen MR) is 80.3 cm³/mol. The molecule has 1 heterocycles. The normalized spacial score (nSPS) is 26.3. The summed E-state index contributed by atoms with van der Waals surface area (Å²) in [5.41, 5.74) is 0.197. The van der Waals surface area contributed by atoms with Gasteiger partial charge in [0.15, 0.2) is 0 Å². The summed E-state index contributed by atoms with van der Waals surface area (Å²) in [6, 6.07) is 0. The van der Waals surface area contributed by atoms with Gasteiger partial charge < -0.3 is 14.4 Å². The fourth-order valence-electron chi connectivity index (χ4n) is 3.58. The minimum atomic E-state index is -2.96. The highest BCUT2D eigenvalue weighted by Gasteiger charge is 2.53. The lowest BCUT2D eigenvalue weighted by molar-refractivity contribution is 0.165. The molecule has 2 aliphatic rings. The third-order valence-electron chi connectivity index (χ3n) is 4.37. The number of halogens is 1. The number of hydrogen-bond acceptors (Lipinski definition) is 4. The van der Waals surface area contributed by atoms with E-state index in [2.05, 4.69) is 5.32 Å². The van der Waals surface area contributed by atoms with E-state index in [0.717, 1.165) is 25.9 Å². The predicted octanol–water partition coefficient (Wildman–Crippen LogP) is 3.60. The van der Waals surface area contributed by atoms with Gasteiger partial charge in [-0.25, -0.2) is 0 Å². The average molecular weight is 312 g/mol. The van der Waals surface area contributed by atoms with Crippen LogP contribution in [0.25, 0.3) is 0 Å². The van der Waals surface area contributed by atoms with Crippen LogP contribution in [0.5, 0.6) is 0 Å². The van der Waals surface area contributed by atoms with Crippen LogP contribution in [-0.4, -0.2) is 32.0 Å². The number of hydrogen-bond donors (Lipinski definition) is 1. The zero-order chi connectivity index (χ0) is 13.1. The summed E-state index contributed by atoms with van der Waals surface area (Å²) in [5.74, 6) is 0. The van der Waals surface area contributed by atoms with Crippen molar-refractivity contribution in [3.05, 3.63) is 0 Å². The molecule has 0 aromatic heterocycles. The molecule has 1 atom stereocenters. The van der Waals surface area contributed by atoms with E-state index in [-0.39, 0.29) is 23.5 Å². The highest BCUT2D eigenvalue weighted by Crippen LogP contribution is 2.62. The first-order chi connectivity index (χ1) is 8.67. The molecule has 0 radical (unpaired) electrons. The molecule has 2 rings (SSSR count). The molecule has 1 spiro atoms. The maximum absolute atomic E-state index is 13.0. The van der Waals surface area contributed by atoms with Crippen molar-refractivity contribution in [1.29, 1.82) is 0 Å². The topological polar surface area (TPSA) is 47.6 Å². The van der Waals surface area contributed by atoms with Crippen LogP contribution in [0.15, 0.2) is 0 Å². The second-order valence-electron chi connectivity index (χ2n) is 5.45. The first-order valence-electron chi connectivity index (χ1n) is 7.26. The molecule has 1 aliphatic carbocycles. The van der Waals surface area contributed by atoms with Gasteiger partial charge in [0.25, 0.3) is 0 Å². The van der Waals surface area contributed by atoms with E-state index in [4.69, 9.17) is 9.05 Å². The molecular formula is C13H27ClNO3P. The van der Waals surface area contributed by atoms with Crippen LogP contribution in [0.3, 0.4) is 0 Å². The van der Waals surface area contributed by atoms with Gasteiger partial charge in [0.1, 0.15) is 0 Å². The first kappa shape index (κ1) is 17.5. The van der Waals surface area contributed by atoms with E-state index >= 15 is 0 Å². The maximum Gasteiger partial charge on any atom is 0.335 e. The fourth-order valence-corrected chi connectivity index (χ4v) is 6.11. The van der Waals surface area contributed by atoms with Crippen molar-refractivity contribution in [2.24, 2.45) is 5.41 Å². The summed E-state index contributed by atoms with van der Waals surface area (Å²) in [5, 5.41) is 3.42. The first-order valence-corrected chi connectivity index (χ1v) is 8.87. The highest BCUT2D eigenvalue weighted by molar-refractivity contribution is 7.54. The summed E-state index contributed by atoms with van der Waals surface area (Å²) in [7, 11) is -2.96. The van der Waals surface area contributed by atoms with Gasteiger partial charge in [-0.2, -0.15) is 0 Å². The Kier molecular flexibility index (Phi) is 6.82. The van der Waals surface area contributed by atoms with Gasteiger partial charge in [0.2, 0.25) is 0 Å². The molecule has 1 aliphatic heterocycles. The Labute approximate surface area is 122 Å². The molecule has 4 nitrogen and oxygen atoms in total. The van der Waals surface area contributed by atoms with Gasteiger partial charge in [0.05, 0.1) is 18.9 Å². The average Bonchev–Trinajstić information content (AvgIpc) is 2.75. The smallest absolute Gasteiger partial charge is 0.315 e. The van der Waals surface area contributed by atoms with Crippen LogP contribution in [-0.2, 0) is 13.6 Å². The summed E-state index contributed by atoms with van der Waals surface area (Å²) >= 11 is 0. The van der Waals surface area contributed by atoms with Gasteiger partial charge in [0, 0.05) is 13.1 Å². The quantitative estimate of drug-likeness (QED) is 0.788. The molecule has 0 amide bonds. The molecule has 1 N–H and O–H groups in total. The summed E-state index contributed by atoms with van der Waals surface area (Å²) in [4.78, 5) is 0. The van der Waals surface area contributed by atoms with E-state index in [9.17, 15) is 4.57 Å². The van der Waals surface area contributed by atoms with Crippen LogP contribution in [0.1, 0.15) is 46.0 Å². The van der Waals surface area contributed by atoms with Crippen molar-refractivity contribution < 1.29 is 13.6 Å². The van der Waals surface area contributed by atoms with E-state index in [0.29, 0.717) is 13.2 Å². The summed E-state index contributed by atoms with van der Waals surface area (Å²) in [6.07, 6.45) is 6.12. The Hall–Kier alpha value is 0.400. The molecule has 114 valence electrons. The van der Waals surface area contributed by atoms with Crippen molar-refractivity contribution >= 4 is 20.0 Å². The van der Waals surface area contributed by atoms with Gasteiger partial charge in [-0.1, -0.05) is 19.3 Å². The van der Waals surface area contributed by atoms with Crippen molar-refractivity contribution in [2.75, 3.05) is 26.3 Å². The van der Waals surface area contributed by atoms with E-state index in [1.54, 1.807) is 0 Å². The Morgan fingerprint density at radius 3 is 2.26 bits per heavy atom. The second-order valence-corrected chi connectivity index (χ2v) is 7.66. The molecule has 0 aromatic rings. The van der Waals surface area contributed by atoms with Crippen LogP contribution in [0.2, 0.25) is 0 Å². The van der Waals surface area contributed by atoms with Crippen LogP contribution >= 0.6 is 20.0 Å². The van der Waals surface area contributed by atoms with Gasteiger partial charge in [-0.05, 0) is 32.1 Å². The SMILES string of the molecule is CCOP(=O)(OCC)C1CNCC12CCCCC2.Cl. The van der Waals surface area contributed by atoms with E-state index in [1.165, 1.54) is 19.3 Å². The van der Waals surface area contributed by atoms with Crippen molar-refractivity contribution in [2.45, 2.75) is 51.6 Å². The second kappa shape index (κ2) is 7.42. The van der Waals surface area contributed by atoms with Crippen molar-refractivity contribution in [3.8, 4) is 0 Å². The number of rotatable bonds is 5. The summed E-state index contributed by atoms with van der Waals surface area (Å²) in [6.45, 7) is 6.45. The maximum atomic E-state index is 13.0. The third kappa shape index (κ3) is 3.54. The Balaban J connectivity index is 0.00000180. The van der Waals surface area contributed by atoms with Crippen LogP contribution in [0.4, 0.5) is 0 Å². The standard InChI is InChI=1S/C13H26NO3P.ClH/c1-3-16-18(15,17-4-2)12-10-14-11-13(12)8-6-5-7-9-13;/h12,14H,3-11H2,1-2H3;1H. The molecule has 1 saturated carbocycles. The largest absolute Gasteiger partial charge is 0.335 e. The molecule has 1 saturated heterocycles. The molecular weight excluding hydrogens is 285 g/mol. The van der Waals surface area contributed by atoms with Crippen molar-refractivity contribution in [3.63, 3.8) is 0 Å². The van der Waals surface area contributed by atoms with E-state index < -0.39 is 7.60 Å². The minimum Gasteiger partial charge on any atom is -0.315 e. The molecule has 6 heteroatoms. The molecule has 1 unspecified atom stereocenters. The molecule has 0 aromatic carbocycles. The summed E-state index contributed by atoms with van der Waals surface area (Å²) < 4.78 is 24.2. The van der Waals surface area contributed by atoms with Gasteiger partial charge in [-0.15, -0.1) is 12.4 Å². The lowest BCUT2D eigenvalue weighted by atomic mass is 9.73. The molecule has 0 bridgehead atoms.